The Bertz CT molecular complexity index is 964. The third-order valence-corrected chi connectivity index (χ3v) is 5.59. The molecule has 1 saturated heterocycles. The Morgan fingerprint density at radius 3 is 2.24 bits per heavy atom. The van der Waals surface area contributed by atoms with Crippen LogP contribution >= 0.6 is 11.6 Å². The Hall–Kier alpha value is -3.30. The fraction of sp³-hybridized carbons (Fsp3) is 0.348. The van der Waals surface area contributed by atoms with Crippen molar-refractivity contribution in [1.82, 2.24) is 4.90 Å². The lowest BCUT2D eigenvalue weighted by Gasteiger charge is -2.36. The summed E-state index contributed by atoms with van der Waals surface area (Å²) >= 11 is 6.11. The van der Waals surface area contributed by atoms with Crippen molar-refractivity contribution in [3.63, 3.8) is 0 Å². The van der Waals surface area contributed by atoms with Gasteiger partial charge in [0.2, 0.25) is 5.91 Å². The van der Waals surface area contributed by atoms with Crippen molar-refractivity contribution in [2.75, 3.05) is 50.1 Å². The molecule has 1 heterocycles. The molecule has 1 fully saturated rings. The molecule has 1 aliphatic heterocycles. The number of benzene rings is 2. The van der Waals surface area contributed by atoms with Crippen molar-refractivity contribution in [3.05, 3.63) is 53.1 Å². The summed E-state index contributed by atoms with van der Waals surface area (Å²) in [5.41, 5.74) is 2.82. The zero-order chi connectivity index (χ0) is 24.4. The van der Waals surface area contributed by atoms with Crippen LogP contribution in [0.1, 0.15) is 12.0 Å². The van der Waals surface area contributed by atoms with Gasteiger partial charge in [0.05, 0.1) is 12.8 Å². The number of anilines is 2. The van der Waals surface area contributed by atoms with Gasteiger partial charge in [-0.1, -0.05) is 29.8 Å². The number of amides is 1. The molecule has 0 aromatic heterocycles. The Morgan fingerprint density at radius 2 is 1.64 bits per heavy atom. The van der Waals surface area contributed by atoms with Crippen LogP contribution in [0.15, 0.2) is 42.5 Å². The molecule has 33 heavy (non-hydrogen) atoms. The standard InChI is InChI=1S/C21H26ClN3O2.C2H2O4/c1-16-17(22)6-5-7-18(16)23-21(26)10-11-24-12-14-25(15-13-24)19-8-3-4-9-20(19)27-2;3-1(4)2(5)6/h3-9H,10-15H2,1-2H3,(H,23,26);(H,3,4)(H,5,6). The largest absolute Gasteiger partial charge is 0.495 e. The monoisotopic (exact) mass is 477 g/mol. The zero-order valence-corrected chi connectivity index (χ0v) is 19.3. The molecule has 2 aromatic carbocycles. The lowest BCUT2D eigenvalue weighted by Crippen LogP contribution is -2.47. The van der Waals surface area contributed by atoms with E-state index in [9.17, 15) is 4.79 Å². The van der Waals surface area contributed by atoms with E-state index in [4.69, 9.17) is 36.1 Å². The van der Waals surface area contributed by atoms with E-state index < -0.39 is 11.9 Å². The van der Waals surface area contributed by atoms with Crippen LogP contribution in [0.4, 0.5) is 11.4 Å². The molecule has 1 aliphatic rings. The number of methoxy groups -OCH3 is 1. The molecule has 0 aliphatic carbocycles. The van der Waals surface area contributed by atoms with E-state index in [1.54, 1.807) is 7.11 Å². The van der Waals surface area contributed by atoms with Crippen LogP contribution in [0.25, 0.3) is 0 Å². The maximum atomic E-state index is 12.3. The maximum absolute atomic E-state index is 12.3. The average Bonchev–Trinajstić information content (AvgIpc) is 2.81. The van der Waals surface area contributed by atoms with Crippen LogP contribution < -0.4 is 15.0 Å². The van der Waals surface area contributed by atoms with E-state index in [1.165, 1.54) is 0 Å². The summed E-state index contributed by atoms with van der Waals surface area (Å²) in [6.07, 6.45) is 0.473. The lowest BCUT2D eigenvalue weighted by molar-refractivity contribution is -0.159. The highest BCUT2D eigenvalue weighted by molar-refractivity contribution is 6.31. The number of rotatable bonds is 6. The Morgan fingerprint density at radius 1 is 1.00 bits per heavy atom. The van der Waals surface area contributed by atoms with Gasteiger partial charge in [0.25, 0.3) is 0 Å². The number of hydrogen-bond donors (Lipinski definition) is 3. The lowest BCUT2D eigenvalue weighted by atomic mass is 10.2. The van der Waals surface area contributed by atoms with Crippen LogP contribution in [-0.4, -0.2) is 72.8 Å². The normalized spacial score (nSPS) is 13.5. The van der Waals surface area contributed by atoms with Gasteiger partial charge in [-0.05, 0) is 36.8 Å². The van der Waals surface area contributed by atoms with Gasteiger partial charge in [0.15, 0.2) is 0 Å². The molecular formula is C23H28ClN3O6. The molecule has 0 spiro atoms. The van der Waals surface area contributed by atoms with E-state index in [-0.39, 0.29) is 5.91 Å². The van der Waals surface area contributed by atoms with Gasteiger partial charge in [0, 0.05) is 49.9 Å². The number of carboxylic acid groups (broad SMARTS) is 2. The smallest absolute Gasteiger partial charge is 0.414 e. The first-order valence-electron chi connectivity index (χ1n) is 10.3. The van der Waals surface area contributed by atoms with Crippen molar-refractivity contribution < 1.29 is 29.3 Å². The third kappa shape index (κ3) is 7.96. The van der Waals surface area contributed by atoms with Crippen molar-refractivity contribution in [2.24, 2.45) is 0 Å². The molecule has 0 atom stereocenters. The molecule has 10 heteroatoms. The third-order valence-electron chi connectivity index (χ3n) is 5.18. The summed E-state index contributed by atoms with van der Waals surface area (Å²) in [4.78, 5) is 35.1. The maximum Gasteiger partial charge on any atom is 0.414 e. The number of halogens is 1. The van der Waals surface area contributed by atoms with Crippen molar-refractivity contribution in [3.8, 4) is 5.75 Å². The van der Waals surface area contributed by atoms with Crippen LogP contribution in [0, 0.1) is 6.92 Å². The van der Waals surface area contributed by atoms with E-state index in [2.05, 4.69) is 21.2 Å². The Labute approximate surface area is 197 Å². The molecule has 2 aromatic rings. The van der Waals surface area contributed by atoms with Gasteiger partial charge in [-0.3, -0.25) is 9.69 Å². The second kappa shape index (κ2) is 12.7. The molecule has 1 amide bonds. The van der Waals surface area contributed by atoms with Crippen molar-refractivity contribution in [1.29, 1.82) is 0 Å². The molecule has 3 N–H and O–H groups in total. The van der Waals surface area contributed by atoms with Crippen LogP contribution in [-0.2, 0) is 14.4 Å². The summed E-state index contributed by atoms with van der Waals surface area (Å²) in [6, 6.07) is 13.7. The van der Waals surface area contributed by atoms with Gasteiger partial charge in [0.1, 0.15) is 5.75 Å². The topological polar surface area (TPSA) is 119 Å². The highest BCUT2D eigenvalue weighted by Crippen LogP contribution is 2.28. The number of para-hydroxylation sites is 2. The minimum Gasteiger partial charge on any atom is -0.495 e. The van der Waals surface area contributed by atoms with Crippen LogP contribution in [0.5, 0.6) is 5.75 Å². The molecular weight excluding hydrogens is 450 g/mol. The summed E-state index contributed by atoms with van der Waals surface area (Å²) in [5.74, 6) is -2.72. The number of hydrogen-bond acceptors (Lipinski definition) is 6. The number of nitrogens with zero attached hydrogens (tertiary/aromatic N) is 2. The fourth-order valence-corrected chi connectivity index (χ4v) is 3.49. The molecule has 0 saturated carbocycles. The SMILES string of the molecule is COc1ccccc1N1CCN(CCC(=O)Nc2cccc(Cl)c2C)CC1.O=C(O)C(=O)O. The Balaban J connectivity index is 0.000000569. The van der Waals surface area contributed by atoms with Gasteiger partial charge >= 0.3 is 11.9 Å². The zero-order valence-electron chi connectivity index (χ0n) is 18.6. The number of carbonyl (C=O) groups is 3. The molecule has 3 rings (SSSR count). The predicted octanol–water partition coefficient (Wildman–Crippen LogP) is 2.96. The van der Waals surface area contributed by atoms with E-state index in [1.807, 2.05) is 43.3 Å². The van der Waals surface area contributed by atoms with Gasteiger partial charge in [-0.2, -0.15) is 0 Å². The molecule has 0 radical (unpaired) electrons. The number of carbonyl (C=O) groups excluding carboxylic acids is 1. The highest BCUT2D eigenvalue weighted by atomic mass is 35.5. The summed E-state index contributed by atoms with van der Waals surface area (Å²) < 4.78 is 5.46. The van der Waals surface area contributed by atoms with Gasteiger partial charge in [-0.25, -0.2) is 9.59 Å². The average molecular weight is 478 g/mol. The number of carboxylic acids is 2. The minimum absolute atomic E-state index is 0.0209. The Kier molecular flexibility index (Phi) is 9.96. The van der Waals surface area contributed by atoms with E-state index >= 15 is 0 Å². The first-order valence-corrected chi connectivity index (χ1v) is 10.7. The number of ether oxygens (including phenoxy) is 1. The second-order valence-corrected chi connectivity index (χ2v) is 7.73. The predicted molar refractivity (Wildman–Crippen MR) is 126 cm³/mol. The fourth-order valence-electron chi connectivity index (χ4n) is 3.32. The van der Waals surface area contributed by atoms with E-state index in [0.717, 1.165) is 55.4 Å². The summed E-state index contributed by atoms with van der Waals surface area (Å²) in [6.45, 7) is 6.38. The molecule has 0 unspecified atom stereocenters. The van der Waals surface area contributed by atoms with Gasteiger partial charge in [-0.15, -0.1) is 0 Å². The van der Waals surface area contributed by atoms with Crippen molar-refractivity contribution in [2.45, 2.75) is 13.3 Å². The number of piperazine rings is 1. The minimum atomic E-state index is -1.82. The summed E-state index contributed by atoms with van der Waals surface area (Å²) in [7, 11) is 1.70. The first-order chi connectivity index (χ1) is 15.7. The van der Waals surface area contributed by atoms with Crippen LogP contribution in [0.2, 0.25) is 5.02 Å². The van der Waals surface area contributed by atoms with Gasteiger partial charge < -0.3 is 25.2 Å². The summed E-state index contributed by atoms with van der Waals surface area (Å²) in [5, 5.41) is 18.4. The quantitative estimate of drug-likeness (QED) is 0.543. The van der Waals surface area contributed by atoms with Crippen molar-refractivity contribution >= 4 is 40.8 Å². The molecule has 9 nitrogen and oxygen atoms in total. The van der Waals surface area contributed by atoms with Crippen LogP contribution in [0.3, 0.4) is 0 Å². The molecule has 0 bridgehead atoms. The highest BCUT2D eigenvalue weighted by Gasteiger charge is 2.20. The first kappa shape index (κ1) is 26.0. The molecule has 178 valence electrons. The van der Waals surface area contributed by atoms with E-state index in [0.29, 0.717) is 11.4 Å². The second-order valence-electron chi connectivity index (χ2n) is 7.32. The number of aliphatic carboxylic acids is 2. The number of nitrogens with one attached hydrogen (secondary N) is 1.